The molecule has 0 radical (unpaired) electrons. The Balaban J connectivity index is 2.28. The first-order chi connectivity index (χ1) is 5.33. The minimum Gasteiger partial charge on any atom is -0.435 e. The largest absolute Gasteiger partial charge is 0.435 e. The van der Waals surface area contributed by atoms with E-state index < -0.39 is 0 Å². The van der Waals surface area contributed by atoms with Crippen LogP contribution < -0.4 is 0 Å². The summed E-state index contributed by atoms with van der Waals surface area (Å²) in [6, 6.07) is 0. The summed E-state index contributed by atoms with van der Waals surface area (Å²) in [5, 5.41) is 0. The fourth-order valence-electron chi connectivity index (χ4n) is 1.18. The maximum atomic E-state index is 10.7. The van der Waals surface area contributed by atoms with E-state index in [2.05, 4.69) is 0 Å². The van der Waals surface area contributed by atoms with Crippen molar-refractivity contribution in [2.75, 3.05) is 0 Å². The van der Waals surface area contributed by atoms with Gasteiger partial charge in [0.25, 0.3) is 0 Å². The first-order valence-corrected chi connectivity index (χ1v) is 4.20. The van der Waals surface area contributed by atoms with Gasteiger partial charge in [0.1, 0.15) is 0 Å². The standard InChI is InChI=1S/C9H14O2/c1-2-9(10)11-7-8-5-3-4-6-8/h7H,2-6H2,1H3. The molecule has 0 aromatic carbocycles. The van der Waals surface area contributed by atoms with Gasteiger partial charge in [-0.3, -0.25) is 4.79 Å². The van der Waals surface area contributed by atoms with Crippen molar-refractivity contribution in [3.8, 4) is 0 Å². The molecule has 2 heteroatoms. The molecule has 62 valence electrons. The van der Waals surface area contributed by atoms with E-state index in [-0.39, 0.29) is 5.97 Å². The van der Waals surface area contributed by atoms with Crippen molar-refractivity contribution in [3.63, 3.8) is 0 Å². The third kappa shape index (κ3) is 2.74. The van der Waals surface area contributed by atoms with Gasteiger partial charge in [-0.2, -0.15) is 0 Å². The minimum absolute atomic E-state index is 0.135. The van der Waals surface area contributed by atoms with E-state index in [1.807, 2.05) is 0 Å². The monoisotopic (exact) mass is 154 g/mol. The van der Waals surface area contributed by atoms with Gasteiger partial charge in [0.15, 0.2) is 0 Å². The zero-order valence-corrected chi connectivity index (χ0v) is 6.93. The van der Waals surface area contributed by atoms with Gasteiger partial charge in [0, 0.05) is 6.42 Å². The summed E-state index contributed by atoms with van der Waals surface area (Å²) in [5.74, 6) is -0.135. The highest BCUT2D eigenvalue weighted by atomic mass is 16.5. The lowest BCUT2D eigenvalue weighted by Gasteiger charge is -1.96. The highest BCUT2D eigenvalue weighted by Gasteiger charge is 2.06. The van der Waals surface area contributed by atoms with Gasteiger partial charge >= 0.3 is 5.97 Å². The van der Waals surface area contributed by atoms with Gasteiger partial charge in [-0.25, -0.2) is 0 Å². The molecule has 0 amide bonds. The van der Waals surface area contributed by atoms with Crippen LogP contribution >= 0.6 is 0 Å². The van der Waals surface area contributed by atoms with E-state index >= 15 is 0 Å². The van der Waals surface area contributed by atoms with E-state index in [1.165, 1.54) is 18.4 Å². The molecule has 2 nitrogen and oxygen atoms in total. The van der Waals surface area contributed by atoms with Gasteiger partial charge in [-0.15, -0.1) is 0 Å². The van der Waals surface area contributed by atoms with Crippen molar-refractivity contribution >= 4 is 5.97 Å². The minimum atomic E-state index is -0.135. The highest BCUT2D eigenvalue weighted by Crippen LogP contribution is 2.23. The van der Waals surface area contributed by atoms with Crippen LogP contribution in [0.3, 0.4) is 0 Å². The molecule has 0 unspecified atom stereocenters. The molecule has 0 spiro atoms. The molecule has 1 rings (SSSR count). The summed E-state index contributed by atoms with van der Waals surface area (Å²) in [5.41, 5.74) is 1.28. The smallest absolute Gasteiger partial charge is 0.310 e. The summed E-state index contributed by atoms with van der Waals surface area (Å²) >= 11 is 0. The van der Waals surface area contributed by atoms with Crippen molar-refractivity contribution in [2.45, 2.75) is 39.0 Å². The van der Waals surface area contributed by atoms with Crippen LogP contribution in [-0.4, -0.2) is 5.97 Å². The van der Waals surface area contributed by atoms with E-state index in [0.717, 1.165) is 12.8 Å². The van der Waals surface area contributed by atoms with Crippen molar-refractivity contribution in [3.05, 3.63) is 11.8 Å². The third-order valence-corrected chi connectivity index (χ3v) is 1.89. The van der Waals surface area contributed by atoms with Crippen molar-refractivity contribution in [2.24, 2.45) is 0 Å². The van der Waals surface area contributed by atoms with E-state index in [4.69, 9.17) is 4.74 Å². The normalized spacial score (nSPS) is 16.6. The Morgan fingerprint density at radius 1 is 1.55 bits per heavy atom. The molecular weight excluding hydrogens is 140 g/mol. The Morgan fingerprint density at radius 3 is 2.73 bits per heavy atom. The second kappa shape index (κ2) is 4.16. The van der Waals surface area contributed by atoms with Crippen LogP contribution in [0.1, 0.15) is 39.0 Å². The van der Waals surface area contributed by atoms with Crippen LogP contribution in [0.2, 0.25) is 0 Å². The fourth-order valence-corrected chi connectivity index (χ4v) is 1.18. The summed E-state index contributed by atoms with van der Waals surface area (Å²) in [4.78, 5) is 10.7. The molecule has 1 fully saturated rings. The predicted molar refractivity (Wildman–Crippen MR) is 42.9 cm³/mol. The Labute approximate surface area is 67.2 Å². The quantitative estimate of drug-likeness (QED) is 0.451. The van der Waals surface area contributed by atoms with E-state index in [0.29, 0.717) is 6.42 Å². The average molecular weight is 154 g/mol. The number of carbonyl (C=O) groups excluding carboxylic acids is 1. The summed E-state index contributed by atoms with van der Waals surface area (Å²) in [6.07, 6.45) is 6.81. The Bertz CT molecular complexity index is 162. The number of ether oxygens (including phenoxy) is 1. The molecule has 0 heterocycles. The molecule has 0 aromatic rings. The molecular formula is C9H14O2. The number of hydrogen-bond donors (Lipinski definition) is 0. The van der Waals surface area contributed by atoms with Crippen LogP contribution in [-0.2, 0) is 9.53 Å². The molecule has 0 saturated heterocycles. The van der Waals surface area contributed by atoms with Crippen molar-refractivity contribution in [1.82, 2.24) is 0 Å². The van der Waals surface area contributed by atoms with Crippen LogP contribution in [0.5, 0.6) is 0 Å². The van der Waals surface area contributed by atoms with Gasteiger partial charge < -0.3 is 4.74 Å². The predicted octanol–water partition coefficient (Wildman–Crippen LogP) is 2.40. The number of rotatable bonds is 2. The Hall–Kier alpha value is -0.790. The maximum Gasteiger partial charge on any atom is 0.310 e. The van der Waals surface area contributed by atoms with E-state index in [1.54, 1.807) is 13.2 Å². The zero-order valence-electron chi connectivity index (χ0n) is 6.93. The number of esters is 1. The van der Waals surface area contributed by atoms with Crippen LogP contribution in [0, 0.1) is 0 Å². The van der Waals surface area contributed by atoms with Gasteiger partial charge in [0.05, 0.1) is 6.26 Å². The molecule has 0 aromatic heterocycles. The summed E-state index contributed by atoms with van der Waals surface area (Å²) < 4.78 is 4.87. The third-order valence-electron chi connectivity index (χ3n) is 1.89. The van der Waals surface area contributed by atoms with Crippen LogP contribution in [0.25, 0.3) is 0 Å². The summed E-state index contributed by atoms with van der Waals surface area (Å²) in [6.45, 7) is 1.80. The summed E-state index contributed by atoms with van der Waals surface area (Å²) in [7, 11) is 0. The SMILES string of the molecule is CCC(=O)OC=C1CCCC1. The molecule has 1 aliphatic rings. The van der Waals surface area contributed by atoms with Crippen molar-refractivity contribution < 1.29 is 9.53 Å². The second-order valence-corrected chi connectivity index (χ2v) is 2.83. The molecule has 0 atom stereocenters. The lowest BCUT2D eigenvalue weighted by molar-refractivity contribution is -0.137. The number of carbonyl (C=O) groups is 1. The molecule has 0 bridgehead atoms. The maximum absolute atomic E-state index is 10.7. The topological polar surface area (TPSA) is 26.3 Å². The lowest BCUT2D eigenvalue weighted by atomic mass is 10.3. The molecule has 11 heavy (non-hydrogen) atoms. The molecule has 0 aliphatic heterocycles. The second-order valence-electron chi connectivity index (χ2n) is 2.83. The average Bonchev–Trinajstić information content (AvgIpc) is 2.52. The first-order valence-electron chi connectivity index (χ1n) is 4.20. The van der Waals surface area contributed by atoms with E-state index in [9.17, 15) is 4.79 Å². The zero-order chi connectivity index (χ0) is 8.10. The molecule has 0 N–H and O–H groups in total. The molecule has 1 aliphatic carbocycles. The number of allylic oxidation sites excluding steroid dienone is 1. The first kappa shape index (κ1) is 8.31. The Morgan fingerprint density at radius 2 is 2.18 bits per heavy atom. The highest BCUT2D eigenvalue weighted by molar-refractivity contribution is 5.69. The van der Waals surface area contributed by atoms with Crippen LogP contribution in [0.15, 0.2) is 11.8 Å². The Kier molecular flexibility index (Phi) is 3.14. The fraction of sp³-hybridized carbons (Fsp3) is 0.667. The van der Waals surface area contributed by atoms with Crippen molar-refractivity contribution in [1.29, 1.82) is 0 Å². The van der Waals surface area contributed by atoms with Gasteiger partial charge in [-0.1, -0.05) is 6.92 Å². The van der Waals surface area contributed by atoms with Crippen LogP contribution in [0.4, 0.5) is 0 Å². The van der Waals surface area contributed by atoms with Gasteiger partial charge in [-0.05, 0) is 31.3 Å². The van der Waals surface area contributed by atoms with Gasteiger partial charge in [0.2, 0.25) is 0 Å². The lowest BCUT2D eigenvalue weighted by Crippen LogP contribution is -1.96. The number of hydrogen-bond acceptors (Lipinski definition) is 2. The molecule has 1 saturated carbocycles.